The van der Waals surface area contributed by atoms with Gasteiger partial charge in [0.05, 0.1) is 11.8 Å². The summed E-state index contributed by atoms with van der Waals surface area (Å²) in [6.07, 6.45) is 4.78. The Morgan fingerprint density at radius 3 is 1.88 bits per heavy atom. The molecule has 0 aromatic heterocycles. The Kier molecular flexibility index (Phi) is 7.59. The highest BCUT2D eigenvalue weighted by Gasteiger charge is 2.39. The number of hydrogen-bond donors (Lipinski definition) is 2. The lowest BCUT2D eigenvalue weighted by Crippen LogP contribution is -2.37. The fraction of sp³-hybridized carbons (Fsp3) is 0.846. The molecular weight excluding hydrogens is 220 g/mol. The van der Waals surface area contributed by atoms with Gasteiger partial charge in [-0.05, 0) is 18.8 Å². The average molecular weight is 244 g/mol. The van der Waals surface area contributed by atoms with Gasteiger partial charge in [0, 0.05) is 0 Å². The SMILES string of the molecule is CC1CCCC(C(=O)O)C1C(=O)O.CCCC. The van der Waals surface area contributed by atoms with Crippen molar-refractivity contribution in [1.29, 1.82) is 0 Å². The van der Waals surface area contributed by atoms with Crippen LogP contribution < -0.4 is 0 Å². The van der Waals surface area contributed by atoms with Crippen LogP contribution in [0.2, 0.25) is 0 Å². The van der Waals surface area contributed by atoms with Crippen LogP contribution in [0.1, 0.15) is 52.9 Å². The van der Waals surface area contributed by atoms with Crippen LogP contribution >= 0.6 is 0 Å². The van der Waals surface area contributed by atoms with Crippen LogP contribution in [0.15, 0.2) is 0 Å². The van der Waals surface area contributed by atoms with Crippen LogP contribution in [0.4, 0.5) is 0 Å². The van der Waals surface area contributed by atoms with E-state index in [9.17, 15) is 9.59 Å². The van der Waals surface area contributed by atoms with Crippen molar-refractivity contribution in [2.45, 2.75) is 52.9 Å². The van der Waals surface area contributed by atoms with Crippen molar-refractivity contribution in [1.82, 2.24) is 0 Å². The molecular formula is C13H24O4. The van der Waals surface area contributed by atoms with Gasteiger partial charge in [0.15, 0.2) is 0 Å². The minimum absolute atomic E-state index is 0.0210. The van der Waals surface area contributed by atoms with Crippen molar-refractivity contribution in [3.8, 4) is 0 Å². The van der Waals surface area contributed by atoms with Crippen LogP contribution in [0, 0.1) is 17.8 Å². The number of hydrogen-bond acceptors (Lipinski definition) is 2. The molecule has 0 aliphatic heterocycles. The maximum absolute atomic E-state index is 10.8. The lowest BCUT2D eigenvalue weighted by molar-refractivity contribution is -0.158. The standard InChI is InChI=1S/C9H14O4.C4H10/c1-5-3-2-4-6(8(10)11)7(5)9(12)13;1-3-4-2/h5-7H,2-4H2,1H3,(H,10,11)(H,12,13);3-4H2,1-2H3. The molecule has 3 atom stereocenters. The Labute approximate surface area is 103 Å². The largest absolute Gasteiger partial charge is 0.481 e. The van der Waals surface area contributed by atoms with E-state index in [1.54, 1.807) is 0 Å². The molecule has 1 fully saturated rings. The summed E-state index contributed by atoms with van der Waals surface area (Å²) in [7, 11) is 0. The third-order valence-electron chi connectivity index (χ3n) is 3.32. The van der Waals surface area contributed by atoms with E-state index in [-0.39, 0.29) is 5.92 Å². The number of rotatable bonds is 3. The van der Waals surface area contributed by atoms with Gasteiger partial charge in [0.1, 0.15) is 0 Å². The Bertz CT molecular complexity index is 248. The maximum atomic E-state index is 10.8. The molecule has 0 radical (unpaired) electrons. The summed E-state index contributed by atoms with van der Waals surface area (Å²) >= 11 is 0. The monoisotopic (exact) mass is 244 g/mol. The van der Waals surface area contributed by atoms with Crippen LogP contribution in [0.5, 0.6) is 0 Å². The second-order valence-corrected chi connectivity index (χ2v) is 4.72. The van der Waals surface area contributed by atoms with Gasteiger partial charge >= 0.3 is 11.9 Å². The summed E-state index contributed by atoms with van der Waals surface area (Å²) in [6.45, 7) is 6.17. The topological polar surface area (TPSA) is 74.6 Å². The molecule has 0 heterocycles. The minimum Gasteiger partial charge on any atom is -0.481 e. The molecule has 1 saturated carbocycles. The van der Waals surface area contributed by atoms with E-state index >= 15 is 0 Å². The van der Waals surface area contributed by atoms with Crippen LogP contribution in [-0.2, 0) is 9.59 Å². The minimum atomic E-state index is -0.973. The molecule has 1 rings (SSSR count). The number of carbonyl (C=O) groups is 2. The van der Waals surface area contributed by atoms with E-state index in [0.29, 0.717) is 6.42 Å². The Morgan fingerprint density at radius 2 is 1.59 bits per heavy atom. The number of unbranched alkanes of at least 4 members (excludes halogenated alkanes) is 1. The van der Waals surface area contributed by atoms with Crippen molar-refractivity contribution in [3.05, 3.63) is 0 Å². The molecule has 0 spiro atoms. The summed E-state index contributed by atoms with van der Waals surface area (Å²) in [5.41, 5.74) is 0. The number of aliphatic carboxylic acids is 2. The van der Waals surface area contributed by atoms with E-state index < -0.39 is 23.8 Å². The summed E-state index contributed by atoms with van der Waals surface area (Å²) in [5, 5.41) is 17.7. The quantitative estimate of drug-likeness (QED) is 0.800. The number of carboxylic acid groups (broad SMARTS) is 2. The van der Waals surface area contributed by atoms with Gasteiger partial charge in [0.25, 0.3) is 0 Å². The zero-order valence-electron chi connectivity index (χ0n) is 11.0. The molecule has 2 N–H and O–H groups in total. The first-order chi connectivity index (χ1) is 7.95. The zero-order valence-corrected chi connectivity index (χ0v) is 11.0. The first kappa shape index (κ1) is 15.9. The highest BCUT2D eigenvalue weighted by atomic mass is 16.4. The van der Waals surface area contributed by atoms with Gasteiger partial charge in [-0.25, -0.2) is 0 Å². The highest BCUT2D eigenvalue weighted by Crippen LogP contribution is 2.34. The molecule has 0 aromatic rings. The third-order valence-corrected chi connectivity index (χ3v) is 3.32. The smallest absolute Gasteiger partial charge is 0.307 e. The molecule has 100 valence electrons. The van der Waals surface area contributed by atoms with Gasteiger partial charge in [0.2, 0.25) is 0 Å². The van der Waals surface area contributed by atoms with Crippen molar-refractivity contribution in [3.63, 3.8) is 0 Å². The van der Waals surface area contributed by atoms with Gasteiger partial charge in [-0.15, -0.1) is 0 Å². The van der Waals surface area contributed by atoms with E-state index in [1.165, 1.54) is 12.8 Å². The van der Waals surface area contributed by atoms with Gasteiger partial charge in [-0.2, -0.15) is 0 Å². The normalized spacial score (nSPS) is 27.8. The fourth-order valence-electron chi connectivity index (χ4n) is 2.11. The first-order valence-corrected chi connectivity index (χ1v) is 6.41. The van der Waals surface area contributed by atoms with Crippen LogP contribution in [0.3, 0.4) is 0 Å². The van der Waals surface area contributed by atoms with Gasteiger partial charge in [-0.1, -0.05) is 40.0 Å². The Morgan fingerprint density at radius 1 is 1.06 bits per heavy atom. The molecule has 4 nitrogen and oxygen atoms in total. The van der Waals surface area contributed by atoms with E-state index in [4.69, 9.17) is 10.2 Å². The Balaban J connectivity index is 0.000000557. The second kappa shape index (κ2) is 8.09. The predicted molar refractivity (Wildman–Crippen MR) is 65.8 cm³/mol. The first-order valence-electron chi connectivity index (χ1n) is 6.41. The second-order valence-electron chi connectivity index (χ2n) is 4.72. The molecule has 1 aliphatic carbocycles. The highest BCUT2D eigenvalue weighted by molar-refractivity contribution is 5.80. The van der Waals surface area contributed by atoms with Crippen molar-refractivity contribution >= 4 is 11.9 Å². The molecule has 0 amide bonds. The van der Waals surface area contributed by atoms with Crippen molar-refractivity contribution in [2.24, 2.45) is 17.8 Å². The van der Waals surface area contributed by atoms with E-state index in [2.05, 4.69) is 13.8 Å². The molecule has 1 aliphatic rings. The molecule has 0 saturated heterocycles. The van der Waals surface area contributed by atoms with Gasteiger partial charge < -0.3 is 10.2 Å². The molecule has 17 heavy (non-hydrogen) atoms. The van der Waals surface area contributed by atoms with E-state index in [1.807, 2.05) is 6.92 Å². The maximum Gasteiger partial charge on any atom is 0.307 e. The Hall–Kier alpha value is -1.06. The molecule has 4 heteroatoms. The summed E-state index contributed by atoms with van der Waals surface area (Å²) in [4.78, 5) is 21.6. The third kappa shape index (κ3) is 5.20. The molecule has 0 bridgehead atoms. The lowest BCUT2D eigenvalue weighted by atomic mass is 9.73. The van der Waals surface area contributed by atoms with Gasteiger partial charge in [-0.3, -0.25) is 9.59 Å². The fourth-order valence-corrected chi connectivity index (χ4v) is 2.11. The van der Waals surface area contributed by atoms with Crippen LogP contribution in [-0.4, -0.2) is 22.2 Å². The number of carboxylic acids is 2. The predicted octanol–water partition coefficient (Wildman–Crippen LogP) is 3.01. The summed E-state index contributed by atoms with van der Waals surface area (Å²) in [6, 6.07) is 0. The van der Waals surface area contributed by atoms with Crippen LogP contribution in [0.25, 0.3) is 0 Å². The lowest BCUT2D eigenvalue weighted by Gasteiger charge is -2.30. The molecule has 0 aromatic carbocycles. The van der Waals surface area contributed by atoms with Crippen molar-refractivity contribution in [2.75, 3.05) is 0 Å². The molecule has 3 unspecified atom stereocenters. The van der Waals surface area contributed by atoms with E-state index in [0.717, 1.165) is 12.8 Å². The zero-order chi connectivity index (χ0) is 13.4. The summed E-state index contributed by atoms with van der Waals surface area (Å²) in [5.74, 6) is -3.36. The summed E-state index contributed by atoms with van der Waals surface area (Å²) < 4.78 is 0. The van der Waals surface area contributed by atoms with Crippen molar-refractivity contribution < 1.29 is 19.8 Å². The average Bonchev–Trinajstić information content (AvgIpc) is 2.28.